The summed E-state index contributed by atoms with van der Waals surface area (Å²) in [5.74, 6) is 0.772. The van der Waals surface area contributed by atoms with Crippen LogP contribution in [0.1, 0.15) is 5.56 Å². The first-order valence-corrected chi connectivity index (χ1v) is 10.8. The number of sulfonamides is 1. The highest BCUT2D eigenvalue weighted by molar-refractivity contribution is 7.92. The van der Waals surface area contributed by atoms with E-state index in [-0.39, 0.29) is 10.6 Å². The summed E-state index contributed by atoms with van der Waals surface area (Å²) >= 11 is 0. The van der Waals surface area contributed by atoms with Gasteiger partial charge in [0.15, 0.2) is 0 Å². The number of benzene rings is 3. The minimum atomic E-state index is -3.79. The molecule has 3 aromatic carbocycles. The van der Waals surface area contributed by atoms with E-state index in [0.717, 1.165) is 0 Å². The fourth-order valence-electron chi connectivity index (χ4n) is 2.76. The van der Waals surface area contributed by atoms with E-state index in [2.05, 4.69) is 10.0 Å². The molecule has 3 rings (SSSR count). The lowest BCUT2D eigenvalue weighted by molar-refractivity contribution is -0.111. The average molecular weight is 439 g/mol. The van der Waals surface area contributed by atoms with Gasteiger partial charge in [-0.3, -0.25) is 9.52 Å². The largest absolute Gasteiger partial charge is 0.497 e. The van der Waals surface area contributed by atoms with Crippen LogP contribution in [0.5, 0.6) is 11.5 Å². The van der Waals surface area contributed by atoms with E-state index >= 15 is 0 Å². The first-order valence-electron chi connectivity index (χ1n) is 9.30. The Bertz CT molecular complexity index is 1170. The molecule has 0 saturated heterocycles. The lowest BCUT2D eigenvalue weighted by Crippen LogP contribution is -2.16. The summed E-state index contributed by atoms with van der Waals surface area (Å²) in [7, 11) is -0.701. The topological polar surface area (TPSA) is 93.7 Å². The van der Waals surface area contributed by atoms with Crippen molar-refractivity contribution in [3.8, 4) is 11.5 Å². The molecule has 2 N–H and O–H groups in total. The molecule has 0 saturated carbocycles. The van der Waals surface area contributed by atoms with Crippen molar-refractivity contribution in [2.75, 3.05) is 24.3 Å². The third-order valence-corrected chi connectivity index (χ3v) is 5.67. The van der Waals surface area contributed by atoms with Crippen molar-refractivity contribution in [2.24, 2.45) is 0 Å². The van der Waals surface area contributed by atoms with Gasteiger partial charge in [0.1, 0.15) is 11.5 Å². The van der Waals surface area contributed by atoms with E-state index in [9.17, 15) is 13.2 Å². The average Bonchev–Trinajstić information content (AvgIpc) is 2.79. The molecule has 160 valence electrons. The molecule has 0 heterocycles. The fourth-order valence-corrected chi connectivity index (χ4v) is 3.86. The van der Waals surface area contributed by atoms with E-state index in [1.807, 2.05) is 0 Å². The predicted molar refractivity (Wildman–Crippen MR) is 121 cm³/mol. The third kappa shape index (κ3) is 5.86. The Morgan fingerprint density at radius 1 is 0.839 bits per heavy atom. The molecule has 0 atom stereocenters. The van der Waals surface area contributed by atoms with E-state index in [0.29, 0.717) is 22.7 Å². The van der Waals surface area contributed by atoms with Gasteiger partial charge in [0.05, 0.1) is 30.5 Å². The molecule has 3 aromatic rings. The Balaban J connectivity index is 1.77. The van der Waals surface area contributed by atoms with Gasteiger partial charge in [-0.2, -0.15) is 0 Å². The Morgan fingerprint density at radius 2 is 1.42 bits per heavy atom. The number of rotatable bonds is 8. The zero-order chi connectivity index (χ0) is 22.3. The smallest absolute Gasteiger partial charge is 0.261 e. The summed E-state index contributed by atoms with van der Waals surface area (Å²) in [5.41, 5.74) is 1.31. The van der Waals surface area contributed by atoms with E-state index in [1.165, 1.54) is 18.2 Å². The monoisotopic (exact) mass is 438 g/mol. The standard InChI is InChI=1S/C23H22N2O5S/c1-29-18-14-17(15-19(16-18)30-2)12-13-23(26)24-21-10-6-7-11-22(21)25-31(27,28)20-8-4-3-5-9-20/h3-16,25H,1-2H3,(H,24,26). The number of methoxy groups -OCH3 is 2. The molecule has 0 aliphatic rings. The molecule has 0 aliphatic heterocycles. The molecular weight excluding hydrogens is 416 g/mol. The van der Waals surface area contributed by atoms with Crippen molar-refractivity contribution >= 4 is 33.4 Å². The van der Waals surface area contributed by atoms with Crippen molar-refractivity contribution < 1.29 is 22.7 Å². The number of hydrogen-bond donors (Lipinski definition) is 2. The van der Waals surface area contributed by atoms with E-state index < -0.39 is 15.9 Å². The molecule has 1 amide bonds. The Kier molecular flexibility index (Phi) is 6.94. The maximum atomic E-state index is 12.6. The van der Waals surface area contributed by atoms with Gasteiger partial charge in [0.25, 0.3) is 10.0 Å². The Hall–Kier alpha value is -3.78. The second kappa shape index (κ2) is 9.82. The molecule has 8 heteroatoms. The Morgan fingerprint density at radius 3 is 2.03 bits per heavy atom. The molecule has 0 unspecified atom stereocenters. The highest BCUT2D eigenvalue weighted by atomic mass is 32.2. The minimum Gasteiger partial charge on any atom is -0.497 e. The van der Waals surface area contributed by atoms with Crippen molar-refractivity contribution in [1.82, 2.24) is 0 Å². The van der Waals surface area contributed by atoms with Crippen LogP contribution in [-0.2, 0) is 14.8 Å². The zero-order valence-electron chi connectivity index (χ0n) is 17.0. The number of carbonyl (C=O) groups excluding carboxylic acids is 1. The maximum Gasteiger partial charge on any atom is 0.261 e. The van der Waals surface area contributed by atoms with Crippen LogP contribution in [0.15, 0.2) is 83.8 Å². The van der Waals surface area contributed by atoms with Crippen LogP contribution < -0.4 is 19.5 Å². The van der Waals surface area contributed by atoms with Gasteiger partial charge in [-0.15, -0.1) is 0 Å². The molecule has 7 nitrogen and oxygen atoms in total. The second-order valence-corrected chi connectivity index (χ2v) is 8.12. The van der Waals surface area contributed by atoms with Crippen molar-refractivity contribution in [3.05, 3.63) is 84.4 Å². The summed E-state index contributed by atoms with van der Waals surface area (Å²) in [6, 6.07) is 19.8. The highest BCUT2D eigenvalue weighted by Gasteiger charge is 2.16. The van der Waals surface area contributed by atoms with Crippen LogP contribution >= 0.6 is 0 Å². The SMILES string of the molecule is COc1cc(C=CC(=O)Nc2ccccc2NS(=O)(=O)c2ccccc2)cc(OC)c1. The van der Waals surface area contributed by atoms with E-state index in [1.54, 1.807) is 81.0 Å². The van der Waals surface area contributed by atoms with Crippen molar-refractivity contribution in [3.63, 3.8) is 0 Å². The maximum absolute atomic E-state index is 12.6. The third-order valence-electron chi connectivity index (χ3n) is 4.28. The van der Waals surface area contributed by atoms with Gasteiger partial charge in [0.2, 0.25) is 5.91 Å². The Labute approximate surface area is 181 Å². The first kappa shape index (κ1) is 21.9. The second-order valence-electron chi connectivity index (χ2n) is 6.43. The zero-order valence-corrected chi connectivity index (χ0v) is 17.8. The molecule has 0 aliphatic carbocycles. The number of hydrogen-bond acceptors (Lipinski definition) is 5. The number of para-hydroxylation sites is 2. The predicted octanol–water partition coefficient (Wildman–Crippen LogP) is 4.16. The number of amides is 1. The van der Waals surface area contributed by atoms with Crippen molar-refractivity contribution in [1.29, 1.82) is 0 Å². The van der Waals surface area contributed by atoms with E-state index in [4.69, 9.17) is 9.47 Å². The van der Waals surface area contributed by atoms with Crippen molar-refractivity contribution in [2.45, 2.75) is 4.90 Å². The van der Waals surface area contributed by atoms with Gasteiger partial charge < -0.3 is 14.8 Å². The number of ether oxygens (including phenoxy) is 2. The fraction of sp³-hybridized carbons (Fsp3) is 0.0870. The normalized spacial score (nSPS) is 11.2. The first-order chi connectivity index (χ1) is 14.9. The van der Waals surface area contributed by atoms with Crippen LogP contribution in [0, 0.1) is 0 Å². The summed E-state index contributed by atoms with van der Waals surface area (Å²) in [6.07, 6.45) is 2.95. The van der Waals surface area contributed by atoms with Gasteiger partial charge in [-0.25, -0.2) is 8.42 Å². The summed E-state index contributed by atoms with van der Waals surface area (Å²) in [4.78, 5) is 12.6. The van der Waals surface area contributed by atoms with Crippen LogP contribution in [-0.4, -0.2) is 28.5 Å². The van der Waals surface area contributed by atoms with Gasteiger partial charge in [-0.1, -0.05) is 30.3 Å². The molecule has 0 aromatic heterocycles. The number of nitrogens with one attached hydrogen (secondary N) is 2. The lowest BCUT2D eigenvalue weighted by atomic mass is 10.2. The summed E-state index contributed by atoms with van der Waals surface area (Å²) < 4.78 is 38.2. The molecule has 31 heavy (non-hydrogen) atoms. The molecule has 0 spiro atoms. The van der Waals surface area contributed by atoms with Crippen LogP contribution in [0.3, 0.4) is 0 Å². The minimum absolute atomic E-state index is 0.128. The van der Waals surface area contributed by atoms with Gasteiger partial charge in [0, 0.05) is 12.1 Å². The van der Waals surface area contributed by atoms with Crippen LogP contribution in [0.25, 0.3) is 6.08 Å². The molecule has 0 fully saturated rings. The number of carbonyl (C=O) groups is 1. The molecule has 0 radical (unpaired) electrons. The summed E-state index contributed by atoms with van der Waals surface area (Å²) in [6.45, 7) is 0. The van der Waals surface area contributed by atoms with Crippen LogP contribution in [0.2, 0.25) is 0 Å². The molecule has 0 bridgehead atoms. The van der Waals surface area contributed by atoms with Gasteiger partial charge >= 0.3 is 0 Å². The summed E-state index contributed by atoms with van der Waals surface area (Å²) in [5, 5.41) is 2.70. The number of anilines is 2. The highest BCUT2D eigenvalue weighted by Crippen LogP contribution is 2.25. The molecular formula is C23H22N2O5S. The van der Waals surface area contributed by atoms with Gasteiger partial charge in [-0.05, 0) is 48.0 Å². The lowest BCUT2D eigenvalue weighted by Gasteiger charge is -2.13. The quantitative estimate of drug-likeness (QED) is 0.515. The van der Waals surface area contributed by atoms with Crippen LogP contribution in [0.4, 0.5) is 11.4 Å².